The molecule has 1 heterocycles. The Kier molecular flexibility index (Phi) is 4.44. The van der Waals surface area contributed by atoms with Crippen molar-refractivity contribution in [2.45, 2.75) is 17.9 Å². The zero-order chi connectivity index (χ0) is 17.2. The van der Waals surface area contributed by atoms with Gasteiger partial charge in [-0.15, -0.1) is 0 Å². The molecule has 5 nitrogen and oxygen atoms in total. The van der Waals surface area contributed by atoms with Crippen LogP contribution in [0.3, 0.4) is 0 Å². The van der Waals surface area contributed by atoms with Crippen LogP contribution < -0.4 is 0 Å². The molecule has 0 aliphatic rings. The average molecular weight is 345 g/mol. The largest absolute Gasteiger partial charge is 0.245 e. The Balaban J connectivity index is 1.77. The summed E-state index contributed by atoms with van der Waals surface area (Å²) in [4.78, 5) is 4.55. The molecule has 7 heteroatoms. The van der Waals surface area contributed by atoms with E-state index in [4.69, 9.17) is 0 Å². The van der Waals surface area contributed by atoms with Crippen molar-refractivity contribution in [3.05, 3.63) is 77.6 Å². The fourth-order valence-electron chi connectivity index (χ4n) is 2.36. The van der Waals surface area contributed by atoms with E-state index < -0.39 is 9.84 Å². The molecule has 0 fully saturated rings. The molecular formula is C17H16FN3O2S. The Bertz CT molecular complexity index is 933. The molecule has 3 aromatic rings. The summed E-state index contributed by atoms with van der Waals surface area (Å²) in [6, 6.07) is 13.0. The van der Waals surface area contributed by atoms with Gasteiger partial charge in [0.05, 0.1) is 11.4 Å². The highest BCUT2D eigenvalue weighted by molar-refractivity contribution is 7.90. The topological polar surface area (TPSA) is 64.8 Å². The predicted molar refractivity (Wildman–Crippen MR) is 87.9 cm³/mol. The number of sulfone groups is 1. The van der Waals surface area contributed by atoms with Gasteiger partial charge in [0.15, 0.2) is 9.84 Å². The van der Waals surface area contributed by atoms with Gasteiger partial charge >= 0.3 is 0 Å². The first-order valence-electron chi connectivity index (χ1n) is 7.32. The Hall–Kier alpha value is -2.54. The Morgan fingerprint density at radius 2 is 1.62 bits per heavy atom. The van der Waals surface area contributed by atoms with Crippen molar-refractivity contribution in [3.8, 4) is 0 Å². The number of aromatic nitrogens is 3. The summed E-state index contributed by atoms with van der Waals surface area (Å²) in [6.07, 6.45) is 3.19. The molecule has 0 unspecified atom stereocenters. The maximum Gasteiger partial charge on any atom is 0.175 e. The Labute approximate surface area is 139 Å². The molecule has 124 valence electrons. The van der Waals surface area contributed by atoms with E-state index in [2.05, 4.69) is 10.1 Å². The van der Waals surface area contributed by atoms with Crippen LogP contribution in [-0.2, 0) is 22.8 Å². The molecule has 2 aromatic carbocycles. The van der Waals surface area contributed by atoms with Crippen LogP contribution in [0.5, 0.6) is 0 Å². The summed E-state index contributed by atoms with van der Waals surface area (Å²) in [5.41, 5.74) is 1.87. The molecule has 0 amide bonds. The monoisotopic (exact) mass is 345 g/mol. The first-order chi connectivity index (χ1) is 11.4. The minimum Gasteiger partial charge on any atom is -0.245 e. The highest BCUT2D eigenvalue weighted by atomic mass is 32.2. The van der Waals surface area contributed by atoms with Crippen LogP contribution in [0.4, 0.5) is 4.39 Å². The van der Waals surface area contributed by atoms with Crippen molar-refractivity contribution in [3.63, 3.8) is 0 Å². The number of hydrogen-bond donors (Lipinski definition) is 0. The van der Waals surface area contributed by atoms with Crippen molar-refractivity contribution >= 4 is 9.84 Å². The summed E-state index contributed by atoms with van der Waals surface area (Å²) in [6.45, 7) is 0.497. The molecule has 0 aliphatic heterocycles. The maximum atomic E-state index is 13.0. The third kappa shape index (κ3) is 3.86. The van der Waals surface area contributed by atoms with Crippen LogP contribution in [0.1, 0.15) is 17.0 Å². The minimum atomic E-state index is -3.20. The summed E-state index contributed by atoms with van der Waals surface area (Å²) >= 11 is 0. The molecule has 24 heavy (non-hydrogen) atoms. The predicted octanol–water partition coefficient (Wildman–Crippen LogP) is 2.46. The van der Waals surface area contributed by atoms with Crippen LogP contribution in [-0.4, -0.2) is 29.4 Å². The first kappa shape index (κ1) is 16.3. The van der Waals surface area contributed by atoms with Crippen LogP contribution in [0.25, 0.3) is 0 Å². The summed E-state index contributed by atoms with van der Waals surface area (Å²) in [5.74, 6) is 0.481. The Morgan fingerprint density at radius 3 is 2.25 bits per heavy atom. The van der Waals surface area contributed by atoms with Crippen molar-refractivity contribution in [1.82, 2.24) is 14.8 Å². The number of rotatable bonds is 5. The van der Waals surface area contributed by atoms with E-state index >= 15 is 0 Å². The number of nitrogens with zero attached hydrogens (tertiary/aromatic N) is 3. The van der Waals surface area contributed by atoms with E-state index in [-0.39, 0.29) is 5.82 Å². The molecule has 0 spiro atoms. The molecule has 0 N–H and O–H groups in total. The molecule has 0 atom stereocenters. The zero-order valence-corrected chi connectivity index (χ0v) is 13.9. The first-order valence-corrected chi connectivity index (χ1v) is 9.21. The smallest absolute Gasteiger partial charge is 0.175 e. The normalized spacial score (nSPS) is 11.6. The maximum absolute atomic E-state index is 13.0. The second-order valence-electron chi connectivity index (χ2n) is 5.55. The van der Waals surface area contributed by atoms with Gasteiger partial charge in [-0.05, 0) is 35.4 Å². The van der Waals surface area contributed by atoms with Gasteiger partial charge in [0.2, 0.25) is 0 Å². The van der Waals surface area contributed by atoms with Crippen LogP contribution in [0, 0.1) is 5.82 Å². The second-order valence-corrected chi connectivity index (χ2v) is 7.57. The van der Waals surface area contributed by atoms with Gasteiger partial charge in [-0.1, -0.05) is 24.3 Å². The SMILES string of the molecule is CS(=O)(=O)c1ccc(Cc2ncnn2Cc2ccc(F)cc2)cc1. The highest BCUT2D eigenvalue weighted by Crippen LogP contribution is 2.14. The lowest BCUT2D eigenvalue weighted by atomic mass is 10.1. The highest BCUT2D eigenvalue weighted by Gasteiger charge is 2.09. The van der Waals surface area contributed by atoms with Crippen LogP contribution in [0.2, 0.25) is 0 Å². The van der Waals surface area contributed by atoms with Gasteiger partial charge in [-0.3, -0.25) is 0 Å². The third-order valence-electron chi connectivity index (χ3n) is 3.66. The lowest BCUT2D eigenvalue weighted by Gasteiger charge is -2.07. The summed E-state index contributed by atoms with van der Waals surface area (Å²) in [5, 5.41) is 4.20. The van der Waals surface area contributed by atoms with Crippen molar-refractivity contribution in [2.24, 2.45) is 0 Å². The van der Waals surface area contributed by atoms with E-state index in [1.54, 1.807) is 41.1 Å². The number of halogens is 1. The van der Waals surface area contributed by atoms with E-state index in [9.17, 15) is 12.8 Å². The number of benzene rings is 2. The minimum absolute atomic E-state index is 0.275. The molecule has 1 aromatic heterocycles. The van der Waals surface area contributed by atoms with Gasteiger partial charge in [-0.25, -0.2) is 22.5 Å². The van der Waals surface area contributed by atoms with Gasteiger partial charge < -0.3 is 0 Å². The molecule has 0 bridgehead atoms. The van der Waals surface area contributed by atoms with Gasteiger partial charge in [0.1, 0.15) is 18.0 Å². The summed E-state index contributed by atoms with van der Waals surface area (Å²) in [7, 11) is -3.20. The average Bonchev–Trinajstić information content (AvgIpc) is 2.96. The van der Waals surface area contributed by atoms with Gasteiger partial charge in [0.25, 0.3) is 0 Å². The Morgan fingerprint density at radius 1 is 1.00 bits per heavy atom. The van der Waals surface area contributed by atoms with E-state index in [0.29, 0.717) is 17.9 Å². The van der Waals surface area contributed by atoms with E-state index in [1.165, 1.54) is 24.7 Å². The molecule has 0 saturated carbocycles. The van der Waals surface area contributed by atoms with Crippen LogP contribution >= 0.6 is 0 Å². The third-order valence-corrected chi connectivity index (χ3v) is 4.78. The van der Waals surface area contributed by atoms with Crippen molar-refractivity contribution in [2.75, 3.05) is 6.26 Å². The fraction of sp³-hybridized carbons (Fsp3) is 0.176. The molecule has 3 rings (SSSR count). The lowest BCUT2D eigenvalue weighted by molar-refractivity contribution is 0.602. The van der Waals surface area contributed by atoms with Crippen molar-refractivity contribution in [1.29, 1.82) is 0 Å². The summed E-state index contributed by atoms with van der Waals surface area (Å²) < 4.78 is 37.7. The van der Waals surface area contributed by atoms with Crippen molar-refractivity contribution < 1.29 is 12.8 Å². The molecule has 0 aliphatic carbocycles. The van der Waals surface area contributed by atoms with E-state index in [0.717, 1.165) is 17.0 Å². The van der Waals surface area contributed by atoms with E-state index in [1.807, 2.05) is 0 Å². The zero-order valence-electron chi connectivity index (χ0n) is 13.1. The van der Waals surface area contributed by atoms with Gasteiger partial charge in [0, 0.05) is 12.7 Å². The van der Waals surface area contributed by atoms with Gasteiger partial charge in [-0.2, -0.15) is 5.10 Å². The number of hydrogen-bond acceptors (Lipinski definition) is 4. The lowest BCUT2D eigenvalue weighted by Crippen LogP contribution is -2.08. The second kappa shape index (κ2) is 6.52. The standard InChI is InChI=1S/C17H16FN3O2S/c1-24(22,23)16-8-4-13(5-9-16)10-17-19-12-20-21(17)11-14-2-6-15(18)7-3-14/h2-9,12H,10-11H2,1H3. The molecule has 0 radical (unpaired) electrons. The molecule has 0 saturated heterocycles. The fourth-order valence-corrected chi connectivity index (χ4v) is 2.99. The molecular weight excluding hydrogens is 329 g/mol. The van der Waals surface area contributed by atoms with Crippen LogP contribution in [0.15, 0.2) is 59.8 Å². The quantitative estimate of drug-likeness (QED) is 0.712.